The fraction of sp³-hybridized carbons (Fsp3) is 0.250. The van der Waals surface area contributed by atoms with Gasteiger partial charge < -0.3 is 4.57 Å². The van der Waals surface area contributed by atoms with Gasteiger partial charge in [0, 0.05) is 42.2 Å². The van der Waals surface area contributed by atoms with Crippen molar-refractivity contribution in [1.29, 1.82) is 0 Å². The van der Waals surface area contributed by atoms with Crippen molar-refractivity contribution in [2.24, 2.45) is 7.05 Å². The molecule has 0 radical (unpaired) electrons. The smallest absolute Gasteiger partial charge is 0.255 e. The van der Waals surface area contributed by atoms with Crippen LogP contribution in [0.3, 0.4) is 0 Å². The van der Waals surface area contributed by atoms with Crippen molar-refractivity contribution in [3.8, 4) is 16.9 Å². The maximum absolute atomic E-state index is 12.8. The second kappa shape index (κ2) is 6.48. The molecule has 4 aromatic rings. The third-order valence-corrected chi connectivity index (χ3v) is 5.92. The van der Waals surface area contributed by atoms with Gasteiger partial charge in [0.2, 0.25) is 0 Å². The van der Waals surface area contributed by atoms with E-state index in [2.05, 4.69) is 34.8 Å². The average molecular weight is 369 g/mol. The number of fused-ring (bicyclic) bond motifs is 3. The minimum atomic E-state index is -0.0433. The van der Waals surface area contributed by atoms with Crippen molar-refractivity contribution in [2.75, 3.05) is 0 Å². The molecule has 0 N–H and O–H groups in total. The lowest BCUT2D eigenvalue weighted by molar-refractivity contribution is 0.653. The third-order valence-electron chi connectivity index (χ3n) is 5.92. The summed E-state index contributed by atoms with van der Waals surface area (Å²) in [5.74, 6) is 0. The number of hydrogen-bond acceptors (Lipinski definition) is 2. The Kier molecular flexibility index (Phi) is 3.93. The largest absolute Gasteiger partial charge is 0.347 e. The first-order chi connectivity index (χ1) is 13.6. The highest BCUT2D eigenvalue weighted by Crippen LogP contribution is 2.32. The molecule has 28 heavy (non-hydrogen) atoms. The first-order valence-corrected chi connectivity index (χ1v) is 9.88. The zero-order valence-corrected chi connectivity index (χ0v) is 16.3. The van der Waals surface area contributed by atoms with Crippen molar-refractivity contribution in [1.82, 2.24) is 14.1 Å². The van der Waals surface area contributed by atoms with E-state index in [0.717, 1.165) is 35.3 Å². The van der Waals surface area contributed by atoms with Gasteiger partial charge in [-0.2, -0.15) is 0 Å². The lowest BCUT2D eigenvalue weighted by atomic mass is 9.95. The van der Waals surface area contributed by atoms with Crippen molar-refractivity contribution < 1.29 is 0 Å². The molecule has 4 nitrogen and oxygen atoms in total. The van der Waals surface area contributed by atoms with E-state index in [1.54, 1.807) is 10.6 Å². The molecule has 0 saturated heterocycles. The molecule has 0 bridgehead atoms. The van der Waals surface area contributed by atoms with Crippen LogP contribution in [0.2, 0.25) is 0 Å². The van der Waals surface area contributed by atoms with Crippen LogP contribution in [-0.4, -0.2) is 14.1 Å². The lowest BCUT2D eigenvalue weighted by Crippen LogP contribution is -2.16. The minimum absolute atomic E-state index is 0.0433. The number of aromatic nitrogens is 3. The Balaban J connectivity index is 1.59. The average Bonchev–Trinajstić information content (AvgIpc) is 3.01. The molecule has 3 heterocycles. The van der Waals surface area contributed by atoms with Gasteiger partial charge in [0.15, 0.2) is 0 Å². The number of rotatable bonds is 2. The topological polar surface area (TPSA) is 39.8 Å². The normalized spacial score (nSPS) is 13.6. The zero-order valence-electron chi connectivity index (χ0n) is 16.3. The van der Waals surface area contributed by atoms with E-state index in [-0.39, 0.29) is 5.56 Å². The van der Waals surface area contributed by atoms with Gasteiger partial charge in [-0.15, -0.1) is 0 Å². The summed E-state index contributed by atoms with van der Waals surface area (Å²) in [6, 6.07) is 14.0. The van der Waals surface area contributed by atoms with Crippen LogP contribution in [0.25, 0.3) is 27.8 Å². The standard InChI is InChI=1S/C24H23N3O/c1-16-7-10-21(25-15-16)17-11-12-27(24(28)13-17)18-8-9-20-19-5-3-4-6-22(19)26(2)23(20)14-18/h7-15H,3-6H2,1-2H3. The zero-order chi connectivity index (χ0) is 19.3. The van der Waals surface area contributed by atoms with E-state index in [4.69, 9.17) is 0 Å². The van der Waals surface area contributed by atoms with Crippen molar-refractivity contribution >= 4 is 10.9 Å². The van der Waals surface area contributed by atoms with Crippen LogP contribution >= 0.6 is 0 Å². The lowest BCUT2D eigenvalue weighted by Gasteiger charge is -2.12. The Bertz CT molecular complexity index is 1250. The van der Waals surface area contributed by atoms with E-state index in [1.165, 1.54) is 35.0 Å². The Morgan fingerprint density at radius 2 is 1.86 bits per heavy atom. The second-order valence-corrected chi connectivity index (χ2v) is 7.74. The quantitative estimate of drug-likeness (QED) is 0.519. The van der Waals surface area contributed by atoms with Gasteiger partial charge in [-0.3, -0.25) is 14.3 Å². The molecular formula is C24H23N3O. The van der Waals surface area contributed by atoms with Crippen LogP contribution in [0.15, 0.2) is 59.7 Å². The van der Waals surface area contributed by atoms with E-state index in [1.807, 2.05) is 37.5 Å². The second-order valence-electron chi connectivity index (χ2n) is 7.74. The van der Waals surface area contributed by atoms with Crippen LogP contribution in [0.1, 0.15) is 29.7 Å². The highest BCUT2D eigenvalue weighted by Gasteiger charge is 2.18. The summed E-state index contributed by atoms with van der Waals surface area (Å²) >= 11 is 0. The van der Waals surface area contributed by atoms with E-state index >= 15 is 0 Å². The monoisotopic (exact) mass is 369 g/mol. The minimum Gasteiger partial charge on any atom is -0.347 e. The van der Waals surface area contributed by atoms with Gasteiger partial charge >= 0.3 is 0 Å². The number of aryl methyl sites for hydroxylation is 3. The molecule has 0 atom stereocenters. The highest BCUT2D eigenvalue weighted by molar-refractivity contribution is 5.87. The van der Waals surface area contributed by atoms with Crippen LogP contribution in [0, 0.1) is 6.92 Å². The van der Waals surface area contributed by atoms with Crippen molar-refractivity contribution in [3.63, 3.8) is 0 Å². The number of hydrogen-bond donors (Lipinski definition) is 0. The Hall–Kier alpha value is -3.14. The van der Waals surface area contributed by atoms with Gasteiger partial charge in [0.1, 0.15) is 0 Å². The summed E-state index contributed by atoms with van der Waals surface area (Å²) in [4.78, 5) is 17.3. The van der Waals surface area contributed by atoms with Crippen LogP contribution in [0.4, 0.5) is 0 Å². The predicted octanol–water partition coefficient (Wildman–Crippen LogP) is 4.58. The first-order valence-electron chi connectivity index (χ1n) is 9.88. The molecule has 4 heteroatoms. The molecule has 5 rings (SSSR count). The maximum atomic E-state index is 12.8. The summed E-state index contributed by atoms with van der Waals surface area (Å²) in [6.07, 6.45) is 8.51. The molecule has 0 saturated carbocycles. The molecule has 1 aliphatic rings. The SMILES string of the molecule is Cc1ccc(-c2ccn(-c3ccc4c5c(n(C)c4c3)CCCC5)c(=O)c2)nc1. The molecule has 0 aliphatic heterocycles. The van der Waals surface area contributed by atoms with Crippen molar-refractivity contribution in [3.05, 3.63) is 82.0 Å². The Labute approximate surface area is 164 Å². The Morgan fingerprint density at radius 1 is 1.00 bits per heavy atom. The summed E-state index contributed by atoms with van der Waals surface area (Å²) in [5, 5.41) is 1.33. The molecular weight excluding hydrogens is 346 g/mol. The summed E-state index contributed by atoms with van der Waals surface area (Å²) in [7, 11) is 2.14. The fourth-order valence-corrected chi connectivity index (χ4v) is 4.39. The molecule has 1 aromatic carbocycles. The molecule has 140 valence electrons. The molecule has 0 unspecified atom stereocenters. The maximum Gasteiger partial charge on any atom is 0.255 e. The van der Waals surface area contributed by atoms with Gasteiger partial charge in [-0.1, -0.05) is 12.1 Å². The molecule has 0 fully saturated rings. The molecule has 3 aromatic heterocycles. The van der Waals surface area contributed by atoms with Gasteiger partial charge in [0.25, 0.3) is 5.56 Å². The number of pyridine rings is 2. The third kappa shape index (κ3) is 2.68. The van der Waals surface area contributed by atoms with Gasteiger partial charge in [-0.05, 0) is 68.0 Å². The van der Waals surface area contributed by atoms with Gasteiger partial charge in [0.05, 0.1) is 16.9 Å². The van der Waals surface area contributed by atoms with Gasteiger partial charge in [-0.25, -0.2) is 0 Å². The summed E-state index contributed by atoms with van der Waals surface area (Å²) in [5.41, 5.74) is 7.78. The van der Waals surface area contributed by atoms with E-state index in [0.29, 0.717) is 0 Å². The first kappa shape index (κ1) is 17.0. The van der Waals surface area contributed by atoms with Crippen LogP contribution < -0.4 is 5.56 Å². The van der Waals surface area contributed by atoms with Crippen molar-refractivity contribution in [2.45, 2.75) is 32.6 Å². The summed E-state index contributed by atoms with van der Waals surface area (Å²) in [6.45, 7) is 2.01. The summed E-state index contributed by atoms with van der Waals surface area (Å²) < 4.78 is 4.02. The fourth-order valence-electron chi connectivity index (χ4n) is 4.39. The number of nitrogens with zero attached hydrogens (tertiary/aromatic N) is 3. The highest BCUT2D eigenvalue weighted by atomic mass is 16.1. The van der Waals surface area contributed by atoms with Crippen LogP contribution in [0.5, 0.6) is 0 Å². The predicted molar refractivity (Wildman–Crippen MR) is 113 cm³/mol. The van der Waals surface area contributed by atoms with E-state index < -0.39 is 0 Å². The molecule has 0 amide bonds. The van der Waals surface area contributed by atoms with E-state index in [9.17, 15) is 4.79 Å². The van der Waals surface area contributed by atoms with Crippen LogP contribution in [-0.2, 0) is 19.9 Å². The Morgan fingerprint density at radius 3 is 2.64 bits per heavy atom. The molecule has 0 spiro atoms. The molecule has 1 aliphatic carbocycles. The number of benzene rings is 1.